The van der Waals surface area contributed by atoms with Gasteiger partial charge < -0.3 is 14.2 Å². The Balaban J connectivity index is 2.49. The largest absolute Gasteiger partial charge is 0.494 e. The monoisotopic (exact) mass is 585 g/mol. The molecule has 1 atom stereocenters. The van der Waals surface area contributed by atoms with Crippen molar-refractivity contribution in [1.82, 2.24) is 0 Å². The molecule has 0 bridgehead atoms. The Labute approximate surface area is 198 Å². The van der Waals surface area contributed by atoms with Gasteiger partial charge in [-0.1, -0.05) is 12.6 Å². The summed E-state index contributed by atoms with van der Waals surface area (Å²) in [6, 6.07) is 4.96. The van der Waals surface area contributed by atoms with Crippen molar-refractivity contribution in [1.29, 1.82) is 0 Å². The second kappa shape index (κ2) is 11.3. The highest BCUT2D eigenvalue weighted by atomic mass is 127. The van der Waals surface area contributed by atoms with Gasteiger partial charge in [0.2, 0.25) is 0 Å². The first-order valence-electron chi connectivity index (χ1n) is 9.25. The fraction of sp³-hybridized carbons (Fsp3) is 0.333. The minimum absolute atomic E-state index is 0.0517. The van der Waals surface area contributed by atoms with Crippen molar-refractivity contribution in [3.63, 3.8) is 0 Å². The summed E-state index contributed by atoms with van der Waals surface area (Å²) in [4.78, 5) is -0.264. The third kappa shape index (κ3) is 6.36. The normalized spacial score (nSPS) is 12.5. The zero-order valence-corrected chi connectivity index (χ0v) is 20.7. The van der Waals surface area contributed by atoms with Crippen molar-refractivity contribution in [3.8, 4) is 5.75 Å². The first-order valence-corrected chi connectivity index (χ1v) is 11.8. The third-order valence-corrected chi connectivity index (χ3v) is 6.71. The van der Waals surface area contributed by atoms with E-state index in [0.29, 0.717) is 9.64 Å². The van der Waals surface area contributed by atoms with Crippen LogP contribution < -0.4 is 9.46 Å². The number of halogens is 4. The minimum atomic E-state index is -4.27. The predicted octanol–water partition coefficient (Wildman–Crippen LogP) is 4.61. The number of nitrogens with one attached hydrogen (secondary N) is 1. The van der Waals surface area contributed by atoms with E-state index in [1.807, 2.05) is 22.6 Å². The summed E-state index contributed by atoms with van der Waals surface area (Å²) in [5, 5.41) is 0. The third-order valence-electron chi connectivity index (χ3n) is 4.64. The Morgan fingerprint density at radius 1 is 1.16 bits per heavy atom. The van der Waals surface area contributed by atoms with Crippen LogP contribution in [0.4, 0.5) is 18.9 Å². The summed E-state index contributed by atoms with van der Waals surface area (Å²) in [6.07, 6.45) is -1.11. The number of methoxy groups -OCH3 is 3. The topological polar surface area (TPSA) is 73.9 Å². The lowest BCUT2D eigenvalue weighted by Gasteiger charge is -2.20. The van der Waals surface area contributed by atoms with Gasteiger partial charge in [0.1, 0.15) is 11.6 Å². The van der Waals surface area contributed by atoms with Crippen molar-refractivity contribution in [2.45, 2.75) is 18.9 Å². The number of rotatable bonds is 11. The molecule has 0 saturated heterocycles. The Bertz CT molecular complexity index is 1100. The molecule has 0 aliphatic carbocycles. The number of sulfonamides is 1. The van der Waals surface area contributed by atoms with E-state index in [0.717, 1.165) is 0 Å². The van der Waals surface area contributed by atoms with Gasteiger partial charge in [0.05, 0.1) is 30.4 Å². The molecule has 0 heterocycles. The summed E-state index contributed by atoms with van der Waals surface area (Å²) >= 11 is 1.91. The molecule has 0 spiro atoms. The number of hydrogen-bond donors (Lipinski definition) is 1. The van der Waals surface area contributed by atoms with Crippen LogP contribution in [0.1, 0.15) is 17.5 Å². The summed E-state index contributed by atoms with van der Waals surface area (Å²) in [5.41, 5.74) is -0.694. The molecule has 176 valence electrons. The van der Waals surface area contributed by atoms with Crippen molar-refractivity contribution >= 4 is 38.3 Å². The molecule has 0 aromatic heterocycles. The molecular weight excluding hydrogens is 562 g/mol. The molecular formula is C21H23F3INO5S. The number of hydrogen-bond acceptors (Lipinski definition) is 5. The van der Waals surface area contributed by atoms with Crippen LogP contribution in [-0.4, -0.2) is 42.5 Å². The summed E-state index contributed by atoms with van der Waals surface area (Å²) in [6.45, 7) is 3.69. The highest BCUT2D eigenvalue weighted by Crippen LogP contribution is 2.36. The highest BCUT2D eigenvalue weighted by molar-refractivity contribution is 14.1. The summed E-state index contributed by atoms with van der Waals surface area (Å²) in [7, 11) is -0.274. The molecule has 2 rings (SSSR count). The SMILES string of the molecule is C=C(C[C@H](COC)OC)S(=O)(=O)Nc1c(OC)cc(F)c(F)c1Cc1ccc(I)cc1F. The average Bonchev–Trinajstić information content (AvgIpc) is 2.73. The van der Waals surface area contributed by atoms with Crippen molar-refractivity contribution in [3.05, 3.63) is 67.9 Å². The molecule has 0 amide bonds. The van der Waals surface area contributed by atoms with Gasteiger partial charge in [-0.3, -0.25) is 4.72 Å². The average molecular weight is 585 g/mol. The quantitative estimate of drug-likeness (QED) is 0.390. The Hall–Kier alpha value is -1.83. The van der Waals surface area contributed by atoms with E-state index in [4.69, 9.17) is 14.2 Å². The molecule has 0 radical (unpaired) electrons. The first kappa shape index (κ1) is 26.4. The predicted molar refractivity (Wildman–Crippen MR) is 124 cm³/mol. The standard InChI is InChI=1S/C21H23F3INO5S/c1-12(7-15(30-3)11-29-2)32(27,28)26-21-16(20(24)18(23)10-19(21)31-4)8-13-5-6-14(25)9-17(13)22/h5-6,9-10,15,26H,1,7-8,11H2,2-4H3/t15-/m1/s1. The van der Waals surface area contributed by atoms with Gasteiger partial charge in [0, 0.05) is 42.3 Å². The molecule has 11 heteroatoms. The lowest BCUT2D eigenvalue weighted by molar-refractivity contribution is 0.0299. The van der Waals surface area contributed by atoms with Gasteiger partial charge in [-0.25, -0.2) is 21.6 Å². The molecule has 6 nitrogen and oxygen atoms in total. The van der Waals surface area contributed by atoms with Gasteiger partial charge in [-0.05, 0) is 40.3 Å². The van der Waals surface area contributed by atoms with Gasteiger partial charge in [-0.2, -0.15) is 0 Å². The van der Waals surface area contributed by atoms with Crippen LogP contribution in [0.5, 0.6) is 5.75 Å². The molecule has 0 fully saturated rings. The van der Waals surface area contributed by atoms with E-state index in [1.165, 1.54) is 33.5 Å². The molecule has 0 unspecified atom stereocenters. The van der Waals surface area contributed by atoms with Crippen LogP contribution in [0.15, 0.2) is 35.7 Å². The maximum atomic E-state index is 14.8. The van der Waals surface area contributed by atoms with E-state index in [-0.39, 0.29) is 34.9 Å². The molecule has 32 heavy (non-hydrogen) atoms. The zero-order valence-electron chi connectivity index (χ0n) is 17.7. The molecule has 0 aliphatic heterocycles. The molecule has 2 aromatic rings. The highest BCUT2D eigenvalue weighted by Gasteiger charge is 2.27. The van der Waals surface area contributed by atoms with Crippen LogP contribution in [-0.2, 0) is 25.9 Å². The number of benzene rings is 2. The van der Waals surface area contributed by atoms with Gasteiger partial charge >= 0.3 is 0 Å². The Morgan fingerprint density at radius 3 is 2.41 bits per heavy atom. The van der Waals surface area contributed by atoms with E-state index in [2.05, 4.69) is 11.3 Å². The van der Waals surface area contributed by atoms with E-state index in [9.17, 15) is 21.6 Å². The molecule has 0 aliphatic rings. The summed E-state index contributed by atoms with van der Waals surface area (Å²) < 4.78 is 87.1. The summed E-state index contributed by atoms with van der Waals surface area (Å²) in [5.74, 6) is -3.48. The molecule has 1 N–H and O–H groups in total. The second-order valence-corrected chi connectivity index (χ2v) is 9.84. The minimum Gasteiger partial charge on any atom is -0.494 e. The number of anilines is 1. The fourth-order valence-electron chi connectivity index (χ4n) is 2.91. The van der Waals surface area contributed by atoms with E-state index in [1.54, 1.807) is 6.07 Å². The van der Waals surface area contributed by atoms with Crippen LogP contribution >= 0.6 is 22.6 Å². The maximum Gasteiger partial charge on any atom is 0.257 e. The number of ether oxygens (including phenoxy) is 3. The van der Waals surface area contributed by atoms with Crippen LogP contribution in [0, 0.1) is 21.0 Å². The molecule has 0 saturated carbocycles. The van der Waals surface area contributed by atoms with Gasteiger partial charge in [0.25, 0.3) is 10.0 Å². The van der Waals surface area contributed by atoms with Crippen LogP contribution in [0.25, 0.3) is 0 Å². The van der Waals surface area contributed by atoms with E-state index >= 15 is 0 Å². The van der Waals surface area contributed by atoms with Gasteiger partial charge in [-0.15, -0.1) is 0 Å². The Morgan fingerprint density at radius 2 is 1.84 bits per heavy atom. The fourth-order valence-corrected chi connectivity index (χ4v) is 4.41. The van der Waals surface area contributed by atoms with Crippen LogP contribution in [0.3, 0.4) is 0 Å². The lowest BCUT2D eigenvalue weighted by atomic mass is 10.0. The van der Waals surface area contributed by atoms with Crippen molar-refractivity contribution in [2.24, 2.45) is 0 Å². The second-order valence-electron chi connectivity index (χ2n) is 6.80. The Kier molecular flexibility index (Phi) is 9.37. The van der Waals surface area contributed by atoms with Gasteiger partial charge in [0.15, 0.2) is 11.6 Å². The molecule has 2 aromatic carbocycles. The lowest BCUT2D eigenvalue weighted by Crippen LogP contribution is -2.23. The van der Waals surface area contributed by atoms with Crippen molar-refractivity contribution < 1.29 is 35.8 Å². The maximum absolute atomic E-state index is 14.8. The van der Waals surface area contributed by atoms with E-state index < -0.39 is 45.6 Å². The van der Waals surface area contributed by atoms with Crippen molar-refractivity contribution in [2.75, 3.05) is 32.7 Å². The van der Waals surface area contributed by atoms with Crippen LogP contribution in [0.2, 0.25) is 0 Å². The first-order chi connectivity index (χ1) is 15.0. The zero-order chi connectivity index (χ0) is 24.1. The smallest absolute Gasteiger partial charge is 0.257 e.